The summed E-state index contributed by atoms with van der Waals surface area (Å²) in [4.78, 5) is 22.6. The molecule has 1 aromatic rings. The lowest BCUT2D eigenvalue weighted by Gasteiger charge is -2.10. The van der Waals surface area contributed by atoms with E-state index < -0.39 is 41.2 Å². The molecule has 0 unspecified atom stereocenters. The van der Waals surface area contributed by atoms with Crippen LogP contribution in [0.5, 0.6) is 0 Å². The number of halogens is 3. The first kappa shape index (κ1) is 21.9. The molecule has 2 N–H and O–H groups in total. The minimum atomic E-state index is -4.56. The van der Waals surface area contributed by atoms with Crippen LogP contribution in [0.3, 0.4) is 0 Å². The van der Waals surface area contributed by atoms with Gasteiger partial charge in [0.15, 0.2) is 6.61 Å². The number of alkyl halides is 3. The van der Waals surface area contributed by atoms with Crippen molar-refractivity contribution >= 4 is 21.9 Å². The van der Waals surface area contributed by atoms with Crippen LogP contribution >= 0.6 is 0 Å². The average Bonchev–Trinajstić information content (AvgIpc) is 2.49. The van der Waals surface area contributed by atoms with Gasteiger partial charge >= 0.3 is 12.1 Å². The van der Waals surface area contributed by atoms with E-state index in [0.29, 0.717) is 5.56 Å². The van der Waals surface area contributed by atoms with Gasteiger partial charge in [-0.1, -0.05) is 17.7 Å². The number of amides is 1. The third-order valence-corrected chi connectivity index (χ3v) is 4.71. The Morgan fingerprint density at radius 3 is 2.42 bits per heavy atom. The molecule has 11 heteroatoms. The highest BCUT2D eigenvalue weighted by molar-refractivity contribution is 7.89. The Kier molecular flexibility index (Phi) is 7.57. The van der Waals surface area contributed by atoms with Crippen LogP contribution in [0.15, 0.2) is 23.1 Å². The van der Waals surface area contributed by atoms with Crippen molar-refractivity contribution < 1.29 is 35.9 Å². The van der Waals surface area contributed by atoms with E-state index in [1.54, 1.807) is 19.1 Å². The van der Waals surface area contributed by atoms with Crippen LogP contribution in [-0.2, 0) is 24.3 Å². The van der Waals surface area contributed by atoms with Gasteiger partial charge in [0.2, 0.25) is 10.0 Å². The lowest BCUT2D eigenvalue weighted by molar-refractivity contribution is -0.151. The predicted octanol–water partition coefficient (Wildman–Crippen LogP) is 1.19. The van der Waals surface area contributed by atoms with Crippen molar-refractivity contribution in [3.63, 3.8) is 0 Å². The Bertz CT molecular complexity index is 763. The van der Waals surface area contributed by atoms with Gasteiger partial charge < -0.3 is 10.1 Å². The molecule has 7 nitrogen and oxygen atoms in total. The monoisotopic (exact) mass is 396 g/mol. The third kappa shape index (κ3) is 7.83. The lowest BCUT2D eigenvalue weighted by atomic mass is 10.2. The number of aryl methyl sites for hydroxylation is 2. The summed E-state index contributed by atoms with van der Waals surface area (Å²) in [5, 5.41) is 1.54. The van der Waals surface area contributed by atoms with Gasteiger partial charge in [0, 0.05) is 6.54 Å². The normalized spacial score (nSPS) is 11.9. The lowest BCUT2D eigenvalue weighted by Crippen LogP contribution is -2.36. The number of esters is 1. The van der Waals surface area contributed by atoms with Crippen molar-refractivity contribution in [2.24, 2.45) is 0 Å². The van der Waals surface area contributed by atoms with Gasteiger partial charge in [-0.25, -0.2) is 13.1 Å². The van der Waals surface area contributed by atoms with Gasteiger partial charge in [0.25, 0.3) is 5.91 Å². The standard InChI is InChI=1S/C15H19F3N2O5S/c1-10-3-4-12(11(2)7-10)26(23,24)20-6-5-14(22)25-8-13(21)19-9-15(16,17)18/h3-4,7,20H,5-6,8-9H2,1-2H3,(H,19,21). The number of hydrogen-bond acceptors (Lipinski definition) is 5. The molecule has 0 spiro atoms. The maximum atomic E-state index is 12.2. The van der Waals surface area contributed by atoms with Gasteiger partial charge in [0.1, 0.15) is 6.54 Å². The number of hydrogen-bond donors (Lipinski definition) is 2. The molecular formula is C15H19F3N2O5S. The molecule has 0 aromatic heterocycles. The molecule has 0 bridgehead atoms. The molecule has 0 aliphatic carbocycles. The number of benzene rings is 1. The van der Waals surface area contributed by atoms with Crippen LogP contribution in [0.25, 0.3) is 0 Å². The van der Waals surface area contributed by atoms with Gasteiger partial charge in [-0.3, -0.25) is 9.59 Å². The number of sulfonamides is 1. The SMILES string of the molecule is Cc1ccc(S(=O)(=O)NCCC(=O)OCC(=O)NCC(F)(F)F)c(C)c1. The van der Waals surface area contributed by atoms with Crippen molar-refractivity contribution in [3.8, 4) is 0 Å². The second kappa shape index (κ2) is 8.99. The number of rotatable bonds is 8. The van der Waals surface area contributed by atoms with Crippen LogP contribution in [0.2, 0.25) is 0 Å². The molecule has 1 amide bonds. The molecule has 1 aromatic carbocycles. The second-order valence-corrected chi connectivity index (χ2v) is 7.20. The summed E-state index contributed by atoms with van der Waals surface area (Å²) in [5.74, 6) is -2.03. The van der Waals surface area contributed by atoms with E-state index >= 15 is 0 Å². The molecule has 0 radical (unpaired) electrons. The molecule has 26 heavy (non-hydrogen) atoms. The quantitative estimate of drug-likeness (QED) is 0.643. The number of ether oxygens (including phenoxy) is 1. The molecule has 0 heterocycles. The topological polar surface area (TPSA) is 102 Å². The zero-order valence-electron chi connectivity index (χ0n) is 14.1. The molecule has 146 valence electrons. The van der Waals surface area contributed by atoms with Crippen molar-refractivity contribution in [1.82, 2.24) is 10.0 Å². The fourth-order valence-electron chi connectivity index (χ4n) is 1.93. The van der Waals surface area contributed by atoms with E-state index in [-0.39, 0.29) is 17.9 Å². The summed E-state index contributed by atoms with van der Waals surface area (Å²) in [7, 11) is -3.82. The summed E-state index contributed by atoms with van der Waals surface area (Å²) in [6.07, 6.45) is -4.94. The van der Waals surface area contributed by atoms with E-state index in [1.165, 1.54) is 11.4 Å². The Morgan fingerprint density at radius 2 is 1.85 bits per heavy atom. The van der Waals surface area contributed by atoms with Gasteiger partial charge in [-0.2, -0.15) is 13.2 Å². The van der Waals surface area contributed by atoms with Gasteiger partial charge in [-0.15, -0.1) is 0 Å². The molecule has 1 rings (SSSR count). The van der Waals surface area contributed by atoms with E-state index in [0.717, 1.165) is 5.56 Å². The Labute approximate surface area is 149 Å². The first-order valence-corrected chi connectivity index (χ1v) is 8.95. The predicted molar refractivity (Wildman–Crippen MR) is 85.7 cm³/mol. The molecule has 0 saturated carbocycles. The smallest absolute Gasteiger partial charge is 0.405 e. The van der Waals surface area contributed by atoms with Crippen LogP contribution in [0.4, 0.5) is 13.2 Å². The zero-order valence-corrected chi connectivity index (χ0v) is 15.0. The van der Waals surface area contributed by atoms with Crippen molar-refractivity contribution in [3.05, 3.63) is 29.3 Å². The summed E-state index contributed by atoms with van der Waals surface area (Å²) in [6, 6.07) is 4.77. The highest BCUT2D eigenvalue weighted by Gasteiger charge is 2.27. The van der Waals surface area contributed by atoms with E-state index in [2.05, 4.69) is 9.46 Å². The fraction of sp³-hybridized carbons (Fsp3) is 0.467. The number of nitrogens with one attached hydrogen (secondary N) is 2. The molecule has 0 saturated heterocycles. The highest BCUT2D eigenvalue weighted by Crippen LogP contribution is 2.16. The molecular weight excluding hydrogens is 377 g/mol. The first-order valence-electron chi connectivity index (χ1n) is 7.47. The minimum Gasteiger partial charge on any atom is -0.456 e. The highest BCUT2D eigenvalue weighted by atomic mass is 32.2. The van der Waals surface area contributed by atoms with Crippen LogP contribution < -0.4 is 10.0 Å². The molecule has 0 fully saturated rings. The van der Waals surface area contributed by atoms with E-state index in [9.17, 15) is 31.2 Å². The van der Waals surface area contributed by atoms with Crippen LogP contribution in [0.1, 0.15) is 17.5 Å². The van der Waals surface area contributed by atoms with E-state index in [1.807, 2.05) is 6.92 Å². The average molecular weight is 396 g/mol. The molecule has 0 aliphatic rings. The van der Waals surface area contributed by atoms with E-state index in [4.69, 9.17) is 0 Å². The first-order chi connectivity index (χ1) is 11.9. The van der Waals surface area contributed by atoms with Crippen molar-refractivity contribution in [2.75, 3.05) is 19.7 Å². The second-order valence-electron chi connectivity index (χ2n) is 5.47. The summed E-state index contributed by atoms with van der Waals surface area (Å²) >= 11 is 0. The summed E-state index contributed by atoms with van der Waals surface area (Å²) in [5.41, 5.74) is 1.44. The largest absolute Gasteiger partial charge is 0.456 e. The molecule has 0 aliphatic heterocycles. The Morgan fingerprint density at radius 1 is 1.19 bits per heavy atom. The van der Waals surface area contributed by atoms with Gasteiger partial charge in [-0.05, 0) is 25.5 Å². The number of carbonyl (C=O) groups excluding carboxylic acids is 2. The summed E-state index contributed by atoms with van der Waals surface area (Å²) < 4.78 is 66.7. The van der Waals surface area contributed by atoms with Crippen molar-refractivity contribution in [2.45, 2.75) is 31.3 Å². The fourth-order valence-corrected chi connectivity index (χ4v) is 3.19. The number of carbonyl (C=O) groups is 2. The minimum absolute atomic E-state index is 0.0722. The maximum Gasteiger partial charge on any atom is 0.405 e. The third-order valence-electron chi connectivity index (χ3n) is 3.09. The van der Waals surface area contributed by atoms with Gasteiger partial charge in [0.05, 0.1) is 11.3 Å². The van der Waals surface area contributed by atoms with Crippen LogP contribution in [-0.4, -0.2) is 46.2 Å². The maximum absolute atomic E-state index is 12.2. The summed E-state index contributed by atoms with van der Waals surface area (Å²) in [6.45, 7) is 0.767. The van der Waals surface area contributed by atoms with Crippen LogP contribution in [0, 0.1) is 13.8 Å². The van der Waals surface area contributed by atoms with Crippen molar-refractivity contribution in [1.29, 1.82) is 0 Å². The molecule has 0 atom stereocenters. The Balaban J connectivity index is 2.40. The Hall–Kier alpha value is -2.14. The zero-order chi connectivity index (χ0) is 20.0.